The lowest BCUT2D eigenvalue weighted by Crippen LogP contribution is -2.42. The van der Waals surface area contributed by atoms with Gasteiger partial charge in [-0.3, -0.25) is 4.79 Å². The number of hydrogen-bond acceptors (Lipinski definition) is 6. The molecular weight excluding hydrogens is 416 g/mol. The molecule has 26 heavy (non-hydrogen) atoms. The second-order valence-corrected chi connectivity index (χ2v) is 8.63. The highest BCUT2D eigenvalue weighted by atomic mass is 79.9. The van der Waals surface area contributed by atoms with Gasteiger partial charge in [-0.15, -0.1) is 11.3 Å². The molecule has 1 aliphatic carbocycles. The van der Waals surface area contributed by atoms with Gasteiger partial charge in [0.15, 0.2) is 5.65 Å². The molecule has 3 aromatic rings. The Labute approximate surface area is 163 Å². The van der Waals surface area contributed by atoms with E-state index in [1.165, 1.54) is 30.4 Å². The van der Waals surface area contributed by atoms with Crippen LogP contribution in [-0.2, 0) is 0 Å². The molecule has 4 N–H and O–H groups in total. The van der Waals surface area contributed by atoms with Crippen molar-refractivity contribution in [2.45, 2.75) is 37.8 Å². The number of nitrogens with one attached hydrogen (secondary N) is 2. The summed E-state index contributed by atoms with van der Waals surface area (Å²) in [7, 11) is 0. The number of halogens is 1. The molecule has 7 nitrogen and oxygen atoms in total. The molecule has 2 atom stereocenters. The van der Waals surface area contributed by atoms with Crippen LogP contribution in [0.25, 0.3) is 5.65 Å². The summed E-state index contributed by atoms with van der Waals surface area (Å²) in [5.74, 6) is 0.476. The molecule has 3 heterocycles. The van der Waals surface area contributed by atoms with Crippen molar-refractivity contribution < 1.29 is 4.79 Å². The Balaban J connectivity index is 1.58. The second kappa shape index (κ2) is 7.34. The van der Waals surface area contributed by atoms with Crippen molar-refractivity contribution in [3.63, 3.8) is 0 Å². The van der Waals surface area contributed by atoms with Gasteiger partial charge in [-0.25, -0.2) is 9.50 Å². The van der Waals surface area contributed by atoms with Gasteiger partial charge < -0.3 is 16.4 Å². The van der Waals surface area contributed by atoms with E-state index in [-0.39, 0.29) is 18.0 Å². The number of carbonyl (C=O) groups is 1. The fraction of sp³-hybridized carbons (Fsp3) is 0.353. The zero-order valence-electron chi connectivity index (χ0n) is 14.0. The molecule has 0 unspecified atom stereocenters. The number of aromatic nitrogens is 3. The molecule has 0 bridgehead atoms. The molecule has 0 aliphatic heterocycles. The van der Waals surface area contributed by atoms with Crippen LogP contribution in [0.2, 0.25) is 0 Å². The first-order valence-electron chi connectivity index (χ1n) is 8.52. The molecule has 0 radical (unpaired) electrons. The molecule has 136 valence electrons. The van der Waals surface area contributed by atoms with Crippen LogP contribution in [0.1, 0.15) is 36.0 Å². The average Bonchev–Trinajstić information content (AvgIpc) is 3.23. The molecule has 1 amide bonds. The number of thiophene rings is 1. The number of hydrogen-bond donors (Lipinski definition) is 3. The van der Waals surface area contributed by atoms with Gasteiger partial charge in [-0.2, -0.15) is 5.10 Å². The second-order valence-electron chi connectivity index (χ2n) is 6.40. The molecule has 1 fully saturated rings. The van der Waals surface area contributed by atoms with Crippen LogP contribution < -0.4 is 16.4 Å². The maximum atomic E-state index is 12.6. The predicted octanol–water partition coefficient (Wildman–Crippen LogP) is 3.49. The van der Waals surface area contributed by atoms with Crippen molar-refractivity contribution >= 4 is 50.3 Å². The monoisotopic (exact) mass is 434 g/mol. The number of anilines is 2. The lowest BCUT2D eigenvalue weighted by molar-refractivity contribution is 0.102. The van der Waals surface area contributed by atoms with Gasteiger partial charge in [0.25, 0.3) is 5.91 Å². The Morgan fingerprint density at radius 1 is 1.35 bits per heavy atom. The third kappa shape index (κ3) is 3.46. The first-order valence-corrected chi connectivity index (χ1v) is 10.2. The number of fused-ring (bicyclic) bond motifs is 1. The zero-order valence-corrected chi connectivity index (χ0v) is 16.4. The van der Waals surface area contributed by atoms with Crippen LogP contribution >= 0.6 is 27.3 Å². The highest BCUT2D eigenvalue weighted by molar-refractivity contribution is 9.11. The van der Waals surface area contributed by atoms with Crippen LogP contribution in [0.15, 0.2) is 33.7 Å². The summed E-state index contributed by atoms with van der Waals surface area (Å²) in [6.07, 6.45) is 7.74. The highest BCUT2D eigenvalue weighted by Gasteiger charge is 2.22. The van der Waals surface area contributed by atoms with Crippen molar-refractivity contribution in [1.82, 2.24) is 14.6 Å². The van der Waals surface area contributed by atoms with Crippen molar-refractivity contribution in [3.8, 4) is 0 Å². The summed E-state index contributed by atoms with van der Waals surface area (Å²) in [6, 6.07) is 4.05. The Hall–Kier alpha value is -1.97. The van der Waals surface area contributed by atoms with Gasteiger partial charge in [0.05, 0.1) is 15.7 Å². The van der Waals surface area contributed by atoms with E-state index in [0.717, 1.165) is 22.3 Å². The van der Waals surface area contributed by atoms with E-state index in [1.54, 1.807) is 10.7 Å². The van der Waals surface area contributed by atoms with Gasteiger partial charge >= 0.3 is 0 Å². The Morgan fingerprint density at radius 3 is 2.96 bits per heavy atom. The summed E-state index contributed by atoms with van der Waals surface area (Å²) in [6.45, 7) is 0. The molecule has 1 aliphatic rings. The minimum atomic E-state index is -0.238. The minimum Gasteiger partial charge on any atom is -0.366 e. The van der Waals surface area contributed by atoms with Gasteiger partial charge in [0.1, 0.15) is 11.4 Å². The third-order valence-electron chi connectivity index (χ3n) is 4.63. The van der Waals surface area contributed by atoms with Crippen molar-refractivity contribution in [3.05, 3.63) is 39.3 Å². The topological polar surface area (TPSA) is 97.3 Å². The van der Waals surface area contributed by atoms with Crippen LogP contribution in [0, 0.1) is 0 Å². The van der Waals surface area contributed by atoms with Crippen molar-refractivity contribution in [2.75, 3.05) is 10.6 Å². The SMILES string of the molecule is N[C@H]1CCCC[C@H]1Nc1ccn2ncc(C(=O)Nc3ccsc3Br)c2n1. The predicted molar refractivity (Wildman–Crippen MR) is 107 cm³/mol. The summed E-state index contributed by atoms with van der Waals surface area (Å²) < 4.78 is 2.48. The standard InChI is InChI=1S/C17H19BrN6OS/c18-15-13(6-8-26-15)22-17(25)10-9-20-24-7-5-14(23-16(10)24)21-12-4-2-1-3-11(12)19/h5-9,11-12H,1-4,19H2,(H,21,23)(H,22,25)/t11-,12+/m0/s1. The van der Waals surface area contributed by atoms with Crippen LogP contribution in [0.5, 0.6) is 0 Å². The summed E-state index contributed by atoms with van der Waals surface area (Å²) in [5, 5.41) is 12.4. The number of amides is 1. The van der Waals surface area contributed by atoms with Gasteiger partial charge in [-0.05, 0) is 46.3 Å². The molecule has 1 saturated carbocycles. The Kier molecular flexibility index (Phi) is 4.92. The first-order chi connectivity index (χ1) is 12.6. The molecule has 9 heteroatoms. The average molecular weight is 435 g/mol. The lowest BCUT2D eigenvalue weighted by Gasteiger charge is -2.29. The summed E-state index contributed by atoms with van der Waals surface area (Å²) in [4.78, 5) is 17.2. The molecule has 0 aromatic carbocycles. The quantitative estimate of drug-likeness (QED) is 0.583. The maximum absolute atomic E-state index is 12.6. The van der Waals surface area contributed by atoms with Crippen molar-refractivity contribution in [1.29, 1.82) is 0 Å². The first kappa shape index (κ1) is 17.4. The Bertz CT molecular complexity index is 938. The van der Waals surface area contributed by atoms with E-state index in [2.05, 4.69) is 36.6 Å². The minimum absolute atomic E-state index is 0.130. The lowest BCUT2D eigenvalue weighted by atomic mass is 9.91. The Morgan fingerprint density at radius 2 is 2.19 bits per heavy atom. The van der Waals surface area contributed by atoms with Crippen LogP contribution in [-0.4, -0.2) is 32.6 Å². The van der Waals surface area contributed by atoms with E-state index in [4.69, 9.17) is 5.73 Å². The molecular formula is C17H19BrN6OS. The molecule has 4 rings (SSSR count). The molecule has 0 spiro atoms. The zero-order chi connectivity index (χ0) is 18.1. The van der Waals surface area contributed by atoms with E-state index >= 15 is 0 Å². The maximum Gasteiger partial charge on any atom is 0.261 e. The van der Waals surface area contributed by atoms with Gasteiger partial charge in [0.2, 0.25) is 0 Å². The normalized spacial score (nSPS) is 20.2. The van der Waals surface area contributed by atoms with E-state index in [0.29, 0.717) is 17.0 Å². The van der Waals surface area contributed by atoms with Gasteiger partial charge in [-0.1, -0.05) is 12.8 Å². The van der Waals surface area contributed by atoms with E-state index < -0.39 is 0 Å². The highest BCUT2D eigenvalue weighted by Crippen LogP contribution is 2.29. The largest absolute Gasteiger partial charge is 0.366 e. The van der Waals surface area contributed by atoms with E-state index in [9.17, 15) is 4.79 Å². The number of nitrogens with zero attached hydrogens (tertiary/aromatic N) is 3. The molecule has 3 aromatic heterocycles. The van der Waals surface area contributed by atoms with Crippen LogP contribution in [0.4, 0.5) is 11.5 Å². The third-order valence-corrected chi connectivity index (χ3v) is 6.32. The van der Waals surface area contributed by atoms with Gasteiger partial charge in [0, 0.05) is 18.3 Å². The summed E-state index contributed by atoms with van der Waals surface area (Å²) >= 11 is 4.94. The smallest absolute Gasteiger partial charge is 0.261 e. The number of rotatable bonds is 4. The van der Waals surface area contributed by atoms with E-state index in [1.807, 2.05) is 17.5 Å². The molecule has 0 saturated heterocycles. The number of nitrogens with two attached hydrogens (primary N) is 1. The summed E-state index contributed by atoms with van der Waals surface area (Å²) in [5.41, 5.74) is 7.90. The fourth-order valence-electron chi connectivity index (χ4n) is 3.21. The number of carbonyl (C=O) groups excluding carboxylic acids is 1. The van der Waals surface area contributed by atoms with Crippen molar-refractivity contribution in [2.24, 2.45) is 5.73 Å². The van der Waals surface area contributed by atoms with Crippen LogP contribution in [0.3, 0.4) is 0 Å². The fourth-order valence-corrected chi connectivity index (χ4v) is 4.33.